The number of amides is 6. The van der Waals surface area contributed by atoms with Crippen molar-refractivity contribution in [1.82, 2.24) is 20.4 Å². The molecule has 3 aromatic rings. The molecule has 2 aliphatic rings. The maximum absolute atomic E-state index is 14.0. The second-order valence-electron chi connectivity index (χ2n) is 15.8. The Balaban J connectivity index is 1.22. The zero-order valence-corrected chi connectivity index (χ0v) is 35.0. The molecule has 2 heterocycles. The highest BCUT2D eigenvalue weighted by Gasteiger charge is 2.40. The molecule has 16 heteroatoms. The van der Waals surface area contributed by atoms with E-state index < -0.39 is 36.4 Å². The number of nitrogens with one attached hydrogen (secondary N) is 4. The number of hydrogen-bond acceptors (Lipinski definition) is 9. The van der Waals surface area contributed by atoms with E-state index in [0.717, 1.165) is 16.8 Å². The van der Waals surface area contributed by atoms with E-state index in [4.69, 9.17) is 9.47 Å². The van der Waals surface area contributed by atoms with Crippen molar-refractivity contribution in [2.75, 3.05) is 42.8 Å². The Hall–Kier alpha value is -6.19. The average molecular weight is 830 g/mol. The lowest BCUT2D eigenvalue weighted by molar-refractivity contribution is -0.139. The van der Waals surface area contributed by atoms with E-state index in [1.165, 1.54) is 36.2 Å². The van der Waals surface area contributed by atoms with Gasteiger partial charge in [0.15, 0.2) is 0 Å². The lowest BCUT2D eigenvalue weighted by Gasteiger charge is -2.30. The third-order valence-electron chi connectivity index (χ3n) is 10.8. The fraction of sp³-hybridized carbons (Fsp3) is 0.455. The van der Waals surface area contributed by atoms with E-state index in [9.17, 15) is 33.2 Å². The number of carbonyl (C=O) groups is 6. The number of nitrogens with zero attached hydrogens (tertiary/aromatic N) is 3. The van der Waals surface area contributed by atoms with Crippen LogP contribution in [-0.2, 0) is 41.7 Å². The molecular formula is C44H56FN7O8. The van der Waals surface area contributed by atoms with Crippen molar-refractivity contribution in [2.24, 2.45) is 11.8 Å². The van der Waals surface area contributed by atoms with Crippen molar-refractivity contribution < 1.29 is 42.6 Å². The van der Waals surface area contributed by atoms with Gasteiger partial charge < -0.3 is 45.4 Å². The zero-order valence-electron chi connectivity index (χ0n) is 35.0. The van der Waals surface area contributed by atoms with Crippen molar-refractivity contribution in [3.8, 4) is 0 Å². The van der Waals surface area contributed by atoms with Gasteiger partial charge in [0, 0.05) is 43.2 Å². The Morgan fingerprint density at radius 3 is 1.37 bits per heavy atom. The summed E-state index contributed by atoms with van der Waals surface area (Å²) >= 11 is 0. The Labute approximate surface area is 350 Å². The van der Waals surface area contributed by atoms with Gasteiger partial charge in [0.2, 0.25) is 23.6 Å². The lowest BCUT2D eigenvalue weighted by Crippen LogP contribution is -2.54. The van der Waals surface area contributed by atoms with Gasteiger partial charge in [0.1, 0.15) is 30.0 Å². The molecule has 2 fully saturated rings. The van der Waals surface area contributed by atoms with Crippen LogP contribution in [0.25, 0.3) is 0 Å². The number of carbonyl (C=O) groups excluding carboxylic acids is 6. The number of ether oxygens (including phenoxy) is 2. The number of hydrogen-bond donors (Lipinski definition) is 4. The Bertz CT molecular complexity index is 1860. The second kappa shape index (κ2) is 20.7. The maximum Gasteiger partial charge on any atom is 0.407 e. The highest BCUT2D eigenvalue weighted by atomic mass is 19.1. The summed E-state index contributed by atoms with van der Waals surface area (Å²) in [6.07, 6.45) is 0.876. The fourth-order valence-corrected chi connectivity index (χ4v) is 7.53. The van der Waals surface area contributed by atoms with E-state index in [0.29, 0.717) is 63.2 Å². The zero-order chi connectivity index (χ0) is 43.5. The van der Waals surface area contributed by atoms with Crippen molar-refractivity contribution in [3.63, 3.8) is 0 Å². The van der Waals surface area contributed by atoms with E-state index in [-0.39, 0.29) is 41.3 Å². The van der Waals surface area contributed by atoms with Crippen LogP contribution in [0.2, 0.25) is 0 Å². The summed E-state index contributed by atoms with van der Waals surface area (Å²) in [5.41, 5.74) is 3.75. The number of methoxy groups -OCH3 is 2. The molecule has 6 amide bonds. The molecule has 4 unspecified atom stereocenters. The molecule has 322 valence electrons. The predicted octanol–water partition coefficient (Wildman–Crippen LogP) is 5.65. The largest absolute Gasteiger partial charge is 0.453 e. The summed E-state index contributed by atoms with van der Waals surface area (Å²) in [7, 11) is 2.46. The minimum Gasteiger partial charge on any atom is -0.453 e. The van der Waals surface area contributed by atoms with Gasteiger partial charge in [0.05, 0.1) is 14.2 Å². The van der Waals surface area contributed by atoms with Crippen LogP contribution in [0, 0.1) is 17.7 Å². The quantitative estimate of drug-likeness (QED) is 0.151. The van der Waals surface area contributed by atoms with Crippen molar-refractivity contribution in [3.05, 3.63) is 89.7 Å². The Kier molecular flexibility index (Phi) is 15.5. The average Bonchev–Trinajstić information content (AvgIpc) is 3.94. The van der Waals surface area contributed by atoms with Gasteiger partial charge in [-0.25, -0.2) is 14.0 Å². The first-order valence-electron chi connectivity index (χ1n) is 20.3. The number of likely N-dealkylation sites (tertiary alicyclic amines) is 2. The van der Waals surface area contributed by atoms with Crippen molar-refractivity contribution in [1.29, 1.82) is 0 Å². The van der Waals surface area contributed by atoms with Gasteiger partial charge in [0.25, 0.3) is 0 Å². The van der Waals surface area contributed by atoms with Crippen LogP contribution in [0.1, 0.15) is 64.5 Å². The number of anilines is 3. The van der Waals surface area contributed by atoms with Gasteiger partial charge >= 0.3 is 12.2 Å². The van der Waals surface area contributed by atoms with Gasteiger partial charge in [-0.05, 0) is 97.2 Å². The second-order valence-corrected chi connectivity index (χ2v) is 15.8. The summed E-state index contributed by atoms with van der Waals surface area (Å²) < 4.78 is 23.4. The smallest absolute Gasteiger partial charge is 0.407 e. The number of rotatable bonds is 15. The Morgan fingerprint density at radius 2 is 1.02 bits per heavy atom. The van der Waals surface area contributed by atoms with E-state index in [1.807, 2.05) is 52.0 Å². The summed E-state index contributed by atoms with van der Waals surface area (Å²) in [5.74, 6) is -2.09. The molecule has 5 rings (SSSR count). The molecule has 0 aliphatic carbocycles. The molecule has 15 nitrogen and oxygen atoms in total. The van der Waals surface area contributed by atoms with Crippen LogP contribution >= 0.6 is 0 Å². The first-order chi connectivity index (χ1) is 28.7. The van der Waals surface area contributed by atoms with Crippen LogP contribution in [0.3, 0.4) is 0 Å². The molecule has 0 bridgehead atoms. The van der Waals surface area contributed by atoms with Crippen LogP contribution < -0.4 is 26.2 Å². The predicted molar refractivity (Wildman–Crippen MR) is 224 cm³/mol. The highest BCUT2D eigenvalue weighted by molar-refractivity contribution is 5.99. The van der Waals surface area contributed by atoms with Gasteiger partial charge in [-0.15, -0.1) is 0 Å². The van der Waals surface area contributed by atoms with E-state index >= 15 is 0 Å². The molecule has 4 N–H and O–H groups in total. The highest BCUT2D eigenvalue weighted by Crippen LogP contribution is 2.26. The summed E-state index contributed by atoms with van der Waals surface area (Å²) in [4.78, 5) is 82.7. The summed E-state index contributed by atoms with van der Waals surface area (Å²) in [6.45, 7) is 8.95. The fourth-order valence-electron chi connectivity index (χ4n) is 7.53. The third-order valence-corrected chi connectivity index (χ3v) is 10.8. The molecule has 0 saturated carbocycles. The summed E-state index contributed by atoms with van der Waals surface area (Å²) in [6, 6.07) is 17.9. The van der Waals surface area contributed by atoms with Gasteiger partial charge in [-0.1, -0.05) is 52.0 Å². The molecule has 0 spiro atoms. The molecule has 0 aromatic heterocycles. The van der Waals surface area contributed by atoms with Crippen LogP contribution in [0.4, 0.5) is 31.0 Å². The number of alkyl carbamates (subject to hydrolysis) is 2. The molecule has 60 heavy (non-hydrogen) atoms. The SMILES string of the molecule is COC(=O)NC(C(=O)N1CCCC1C(=O)Nc1ccc(CN(Cc2ccc(NC(=O)C3CCCN3C(=O)C(NC(=O)OC)C(C)C)cc2)c2ccc(F)cc2)cc1)C(C)C. The van der Waals surface area contributed by atoms with E-state index in [1.54, 1.807) is 36.4 Å². The molecule has 4 atom stereocenters. The number of benzene rings is 3. The summed E-state index contributed by atoms with van der Waals surface area (Å²) in [5, 5.41) is 11.1. The maximum atomic E-state index is 14.0. The Morgan fingerprint density at radius 1 is 0.633 bits per heavy atom. The normalized spacial score (nSPS) is 17.1. The molecule has 2 aliphatic heterocycles. The van der Waals surface area contributed by atoms with Crippen LogP contribution in [-0.4, -0.2) is 97.1 Å². The van der Waals surface area contributed by atoms with Crippen molar-refractivity contribution >= 4 is 52.9 Å². The molecule has 3 aromatic carbocycles. The first kappa shape index (κ1) is 44.9. The van der Waals surface area contributed by atoms with Gasteiger partial charge in [-0.2, -0.15) is 0 Å². The first-order valence-corrected chi connectivity index (χ1v) is 20.3. The standard InChI is InChI=1S/C44H56FN7O8/c1-27(2)37(48-43(57)59-5)41(55)51-23-7-9-35(51)39(53)46-32-17-11-29(12-18-32)25-50(34-21-15-31(45)16-22-34)26-30-13-19-33(20-14-30)47-40(54)36-10-8-24-52(36)42(56)38(28(3)4)49-44(58)60-6/h11-22,27-28,35-38H,7-10,23-26H2,1-6H3,(H,46,53)(H,47,54)(H,48,57)(H,49,58). The van der Waals surface area contributed by atoms with Crippen LogP contribution in [0.15, 0.2) is 72.8 Å². The van der Waals surface area contributed by atoms with Gasteiger partial charge in [-0.3, -0.25) is 19.2 Å². The topological polar surface area (TPSA) is 179 Å². The molecular weight excluding hydrogens is 774 g/mol. The monoisotopic (exact) mass is 829 g/mol. The third kappa shape index (κ3) is 11.5. The lowest BCUT2D eigenvalue weighted by atomic mass is 10.0. The molecule has 2 saturated heterocycles. The minimum atomic E-state index is -0.831. The van der Waals surface area contributed by atoms with Crippen LogP contribution in [0.5, 0.6) is 0 Å². The number of halogens is 1. The minimum absolute atomic E-state index is 0.216. The van der Waals surface area contributed by atoms with E-state index in [2.05, 4.69) is 26.2 Å². The van der Waals surface area contributed by atoms with Crippen molar-refractivity contribution in [2.45, 2.75) is 90.6 Å². The molecule has 0 radical (unpaired) electrons.